The van der Waals surface area contributed by atoms with Gasteiger partial charge in [0.25, 0.3) is 0 Å². The minimum atomic E-state index is -0.194. The molecule has 2 saturated heterocycles. The van der Waals surface area contributed by atoms with Crippen molar-refractivity contribution in [2.75, 3.05) is 20.2 Å². The molecule has 1 amide bonds. The molecular formula is C33H36N6O4. The highest BCUT2D eigenvalue weighted by Gasteiger charge is 2.26. The number of amides is 1. The Bertz CT molecular complexity index is 1580. The van der Waals surface area contributed by atoms with E-state index >= 15 is 0 Å². The second-order valence-electron chi connectivity index (χ2n) is 11.1. The van der Waals surface area contributed by atoms with E-state index in [-0.39, 0.29) is 24.3 Å². The monoisotopic (exact) mass is 580 g/mol. The summed E-state index contributed by atoms with van der Waals surface area (Å²) in [6.45, 7) is 4.63. The molecule has 222 valence electrons. The molecule has 3 aromatic heterocycles. The van der Waals surface area contributed by atoms with Crippen LogP contribution in [0.4, 0.5) is 0 Å². The van der Waals surface area contributed by atoms with Gasteiger partial charge in [0.1, 0.15) is 17.6 Å². The Morgan fingerprint density at radius 3 is 2.67 bits per heavy atom. The van der Waals surface area contributed by atoms with Gasteiger partial charge in [-0.05, 0) is 62.6 Å². The van der Waals surface area contributed by atoms with Crippen molar-refractivity contribution in [2.24, 2.45) is 0 Å². The molecule has 2 unspecified atom stereocenters. The van der Waals surface area contributed by atoms with Crippen molar-refractivity contribution in [2.45, 2.75) is 64.1 Å². The van der Waals surface area contributed by atoms with Crippen LogP contribution in [0.15, 0.2) is 65.6 Å². The van der Waals surface area contributed by atoms with Gasteiger partial charge >= 0.3 is 0 Å². The average molecular weight is 581 g/mol. The van der Waals surface area contributed by atoms with Gasteiger partial charge in [0.05, 0.1) is 12.2 Å². The fraction of sp³-hybridized carbons (Fsp3) is 0.394. The number of hydrogen-bond donors (Lipinski definition) is 1. The van der Waals surface area contributed by atoms with Gasteiger partial charge in [-0.2, -0.15) is 0 Å². The molecule has 6 rings (SSSR count). The van der Waals surface area contributed by atoms with E-state index in [1.807, 2.05) is 67.2 Å². The summed E-state index contributed by atoms with van der Waals surface area (Å²) in [6.07, 6.45) is 8.77. The summed E-state index contributed by atoms with van der Waals surface area (Å²) < 4.78 is 19.5. The molecule has 4 aromatic rings. The van der Waals surface area contributed by atoms with Gasteiger partial charge in [-0.15, -0.1) is 0 Å². The summed E-state index contributed by atoms with van der Waals surface area (Å²) in [5.41, 5.74) is 4.38. The number of nitrogens with one attached hydrogen (secondary N) is 1. The molecule has 10 nitrogen and oxygen atoms in total. The standard InChI is InChI=1S/C33H36N6O4/c1-23(42-32-5-3-4-16-41-32)33-34-14-15-39(33)22-29-17-30(43-37-29)26-11-8-24(9-12-26)6-7-25-10-13-27(35-19-25)20-36-28-18-31(40)38(2)21-28/h8-15,17,19,23,28,32,36H,3-5,16,18,20-22H2,1-2H3/t23-,28?,32?/m0/s1. The maximum absolute atomic E-state index is 11.7. The number of carbonyl (C=O) groups excluding carboxylic acids is 1. The average Bonchev–Trinajstić information content (AvgIpc) is 3.77. The number of ether oxygens (including phenoxy) is 2. The molecule has 0 spiro atoms. The molecule has 2 fully saturated rings. The molecule has 3 atom stereocenters. The molecule has 0 saturated carbocycles. The number of likely N-dealkylation sites (N-methyl/N-ethyl adjacent to an activating group) is 1. The first-order valence-corrected chi connectivity index (χ1v) is 14.8. The lowest BCUT2D eigenvalue weighted by atomic mass is 10.1. The van der Waals surface area contributed by atoms with Crippen molar-refractivity contribution in [3.63, 3.8) is 0 Å². The third kappa shape index (κ3) is 7.38. The van der Waals surface area contributed by atoms with Crippen LogP contribution in [-0.2, 0) is 27.4 Å². The maximum atomic E-state index is 11.7. The van der Waals surface area contributed by atoms with Crippen LogP contribution in [0.25, 0.3) is 11.3 Å². The van der Waals surface area contributed by atoms with Crippen molar-refractivity contribution in [3.05, 3.63) is 89.4 Å². The molecule has 1 aromatic carbocycles. The molecular weight excluding hydrogens is 544 g/mol. The van der Waals surface area contributed by atoms with Gasteiger partial charge < -0.3 is 28.8 Å². The number of carbonyl (C=O) groups is 1. The predicted octanol–water partition coefficient (Wildman–Crippen LogP) is 4.31. The van der Waals surface area contributed by atoms with Gasteiger partial charge in [0, 0.05) is 80.6 Å². The molecule has 43 heavy (non-hydrogen) atoms. The smallest absolute Gasteiger partial charge is 0.224 e. The summed E-state index contributed by atoms with van der Waals surface area (Å²) >= 11 is 0. The van der Waals surface area contributed by atoms with Crippen molar-refractivity contribution in [1.82, 2.24) is 29.9 Å². The van der Waals surface area contributed by atoms with Crippen LogP contribution in [-0.4, -0.2) is 63.0 Å². The predicted molar refractivity (Wildman–Crippen MR) is 159 cm³/mol. The Labute approximate surface area is 251 Å². The van der Waals surface area contributed by atoms with E-state index in [0.29, 0.717) is 25.3 Å². The van der Waals surface area contributed by atoms with Crippen LogP contribution >= 0.6 is 0 Å². The lowest BCUT2D eigenvalue weighted by molar-refractivity contribution is -0.188. The Hall–Kier alpha value is -4.30. The molecule has 1 N–H and O–H groups in total. The fourth-order valence-electron chi connectivity index (χ4n) is 5.33. The number of pyridine rings is 1. The normalized spacial score (nSPS) is 19.3. The van der Waals surface area contributed by atoms with E-state index in [0.717, 1.165) is 66.3 Å². The molecule has 2 aliphatic rings. The number of likely N-dealkylation sites (tertiary alicyclic amines) is 1. The van der Waals surface area contributed by atoms with Gasteiger partial charge in [-0.1, -0.05) is 17.0 Å². The first kappa shape index (κ1) is 28.8. The van der Waals surface area contributed by atoms with Crippen LogP contribution in [0.1, 0.15) is 67.1 Å². The largest absolute Gasteiger partial charge is 0.356 e. The lowest BCUT2D eigenvalue weighted by Crippen LogP contribution is -2.31. The van der Waals surface area contributed by atoms with E-state index in [4.69, 9.17) is 14.0 Å². The van der Waals surface area contributed by atoms with Gasteiger partial charge in [0.15, 0.2) is 12.1 Å². The lowest BCUT2D eigenvalue weighted by Gasteiger charge is -2.26. The zero-order valence-electron chi connectivity index (χ0n) is 24.5. The second kappa shape index (κ2) is 13.3. The number of aromatic nitrogens is 4. The number of nitrogens with zero attached hydrogens (tertiary/aromatic N) is 5. The highest BCUT2D eigenvalue weighted by atomic mass is 16.7. The minimum absolute atomic E-state index is 0.172. The summed E-state index contributed by atoms with van der Waals surface area (Å²) in [7, 11) is 1.83. The summed E-state index contributed by atoms with van der Waals surface area (Å²) in [4.78, 5) is 22.5. The van der Waals surface area contributed by atoms with Gasteiger partial charge in [-0.3, -0.25) is 9.78 Å². The number of rotatable bonds is 9. The Morgan fingerprint density at radius 1 is 1.09 bits per heavy atom. The van der Waals surface area contributed by atoms with Crippen LogP contribution in [0.2, 0.25) is 0 Å². The third-order valence-corrected chi connectivity index (χ3v) is 7.75. The highest BCUT2D eigenvalue weighted by molar-refractivity contribution is 5.78. The van der Waals surface area contributed by atoms with E-state index < -0.39 is 0 Å². The quantitative estimate of drug-likeness (QED) is 0.292. The van der Waals surface area contributed by atoms with Crippen LogP contribution in [0.3, 0.4) is 0 Å². The van der Waals surface area contributed by atoms with E-state index in [2.05, 4.69) is 32.3 Å². The van der Waals surface area contributed by atoms with E-state index in [9.17, 15) is 4.79 Å². The molecule has 0 aliphatic carbocycles. The second-order valence-corrected chi connectivity index (χ2v) is 11.1. The Kier molecular flexibility index (Phi) is 8.93. The summed E-state index contributed by atoms with van der Waals surface area (Å²) in [5.74, 6) is 8.08. The van der Waals surface area contributed by atoms with Crippen molar-refractivity contribution >= 4 is 5.91 Å². The van der Waals surface area contributed by atoms with Crippen LogP contribution in [0.5, 0.6) is 0 Å². The Balaban J connectivity index is 1.02. The van der Waals surface area contributed by atoms with Crippen molar-refractivity contribution in [1.29, 1.82) is 0 Å². The minimum Gasteiger partial charge on any atom is -0.356 e. The molecule has 0 radical (unpaired) electrons. The topological polar surface area (TPSA) is 108 Å². The van der Waals surface area contributed by atoms with E-state index in [1.54, 1.807) is 17.3 Å². The van der Waals surface area contributed by atoms with E-state index in [1.165, 1.54) is 0 Å². The molecule has 10 heteroatoms. The number of imidazole rings is 1. The SMILES string of the molecule is C[C@H](OC1CCCCO1)c1nccn1Cc1cc(-c2ccc(C#Cc3ccc(CNC4CC(=O)N(C)C4)nc3)cc2)on1. The summed E-state index contributed by atoms with van der Waals surface area (Å²) in [6, 6.07) is 14.0. The van der Waals surface area contributed by atoms with Gasteiger partial charge in [0.2, 0.25) is 5.91 Å². The number of hydrogen-bond acceptors (Lipinski definition) is 8. The zero-order valence-corrected chi connectivity index (χ0v) is 24.5. The summed E-state index contributed by atoms with van der Waals surface area (Å²) in [5, 5.41) is 7.69. The van der Waals surface area contributed by atoms with Crippen LogP contribution < -0.4 is 5.32 Å². The zero-order chi connectivity index (χ0) is 29.6. The third-order valence-electron chi connectivity index (χ3n) is 7.75. The first-order chi connectivity index (χ1) is 21.0. The molecule has 5 heterocycles. The first-order valence-electron chi connectivity index (χ1n) is 14.8. The van der Waals surface area contributed by atoms with Crippen molar-refractivity contribution in [3.8, 4) is 23.2 Å². The Morgan fingerprint density at radius 2 is 1.93 bits per heavy atom. The molecule has 0 bridgehead atoms. The van der Waals surface area contributed by atoms with Gasteiger partial charge in [-0.25, -0.2) is 4.98 Å². The van der Waals surface area contributed by atoms with Crippen molar-refractivity contribution < 1.29 is 18.8 Å². The molecule has 2 aliphatic heterocycles. The van der Waals surface area contributed by atoms with Crippen LogP contribution in [0, 0.1) is 11.8 Å². The highest BCUT2D eigenvalue weighted by Crippen LogP contribution is 2.25. The maximum Gasteiger partial charge on any atom is 0.224 e. The fourth-order valence-corrected chi connectivity index (χ4v) is 5.33. The number of benzene rings is 1.